The van der Waals surface area contributed by atoms with Gasteiger partial charge in [-0.15, -0.1) is 0 Å². The molecule has 5 rings (SSSR count). The van der Waals surface area contributed by atoms with Gasteiger partial charge in [0.25, 0.3) is 0 Å². The lowest BCUT2D eigenvalue weighted by Crippen LogP contribution is -2.46. The van der Waals surface area contributed by atoms with Gasteiger partial charge in [0.15, 0.2) is 5.82 Å². The van der Waals surface area contributed by atoms with E-state index in [4.69, 9.17) is 0 Å². The average molecular weight is 507 g/mol. The molecule has 8 nitrogen and oxygen atoms in total. The van der Waals surface area contributed by atoms with Crippen molar-refractivity contribution in [2.75, 3.05) is 42.9 Å². The van der Waals surface area contributed by atoms with Crippen molar-refractivity contribution in [1.82, 2.24) is 29.4 Å². The summed E-state index contributed by atoms with van der Waals surface area (Å²) in [6, 6.07) is 7.54. The van der Waals surface area contributed by atoms with E-state index in [1.807, 2.05) is 55.8 Å². The Morgan fingerprint density at radius 2 is 1.81 bits per heavy atom. The molecule has 0 bridgehead atoms. The third-order valence-corrected chi connectivity index (χ3v) is 6.88. The molecule has 4 heterocycles. The van der Waals surface area contributed by atoms with E-state index < -0.39 is 12.5 Å². The lowest BCUT2D eigenvalue weighted by molar-refractivity contribution is 0.271. The van der Waals surface area contributed by atoms with E-state index in [9.17, 15) is 8.78 Å². The summed E-state index contributed by atoms with van der Waals surface area (Å²) in [6.45, 7) is 12.4. The highest BCUT2D eigenvalue weighted by molar-refractivity contribution is 5.85. The van der Waals surface area contributed by atoms with Crippen LogP contribution in [0.3, 0.4) is 0 Å². The van der Waals surface area contributed by atoms with Gasteiger partial charge in [0.1, 0.15) is 24.0 Å². The fourth-order valence-electron chi connectivity index (χ4n) is 4.93. The molecule has 0 unspecified atom stereocenters. The number of alkyl halides is 1. The van der Waals surface area contributed by atoms with Crippen LogP contribution < -0.4 is 10.2 Å². The van der Waals surface area contributed by atoms with Crippen molar-refractivity contribution in [3.8, 4) is 11.3 Å². The molecule has 10 heteroatoms. The number of benzene rings is 1. The quantitative estimate of drug-likeness (QED) is 0.366. The van der Waals surface area contributed by atoms with Crippen molar-refractivity contribution in [3.05, 3.63) is 53.9 Å². The van der Waals surface area contributed by atoms with Gasteiger partial charge < -0.3 is 19.7 Å². The molecule has 0 saturated carbocycles. The number of nitrogens with one attached hydrogen (secondary N) is 1. The van der Waals surface area contributed by atoms with E-state index in [0.29, 0.717) is 22.7 Å². The molecule has 1 fully saturated rings. The molecule has 37 heavy (non-hydrogen) atoms. The first kappa shape index (κ1) is 25.0. The van der Waals surface area contributed by atoms with Gasteiger partial charge >= 0.3 is 0 Å². The summed E-state index contributed by atoms with van der Waals surface area (Å²) in [4.78, 5) is 22.3. The minimum atomic E-state index is -0.668. The number of hydrogen-bond acceptors (Lipinski definition) is 7. The van der Waals surface area contributed by atoms with Gasteiger partial charge in [-0.2, -0.15) is 0 Å². The summed E-state index contributed by atoms with van der Waals surface area (Å²) in [5.41, 5.74) is 4.09. The van der Waals surface area contributed by atoms with Gasteiger partial charge in [0.2, 0.25) is 5.95 Å². The number of anilines is 3. The number of nitrogens with zero attached hydrogens (tertiary/aromatic N) is 7. The van der Waals surface area contributed by atoms with Crippen LogP contribution >= 0.6 is 0 Å². The van der Waals surface area contributed by atoms with Gasteiger partial charge in [-0.25, -0.2) is 28.7 Å². The third-order valence-electron chi connectivity index (χ3n) is 6.88. The SMILES string of the molecule is CCN1CCN(c2ccc(Nc3ncc(F)c(-c4cc(C)c5nc(CF)n(C(C)C)c5c4)n3)nc2)CC1. The van der Waals surface area contributed by atoms with Crippen molar-refractivity contribution in [3.63, 3.8) is 0 Å². The normalized spacial score (nSPS) is 14.6. The van der Waals surface area contributed by atoms with Crippen LogP contribution in [0, 0.1) is 12.7 Å². The highest BCUT2D eigenvalue weighted by atomic mass is 19.1. The molecule has 0 spiro atoms. The van der Waals surface area contributed by atoms with Crippen molar-refractivity contribution in [2.45, 2.75) is 40.4 Å². The van der Waals surface area contributed by atoms with Crippen molar-refractivity contribution in [1.29, 1.82) is 0 Å². The maximum atomic E-state index is 14.9. The molecular weight excluding hydrogens is 474 g/mol. The van der Waals surface area contributed by atoms with Crippen molar-refractivity contribution in [2.24, 2.45) is 0 Å². The van der Waals surface area contributed by atoms with E-state index in [-0.39, 0.29) is 17.7 Å². The van der Waals surface area contributed by atoms with Crippen molar-refractivity contribution >= 4 is 28.5 Å². The molecule has 194 valence electrons. The van der Waals surface area contributed by atoms with E-state index >= 15 is 0 Å². The summed E-state index contributed by atoms with van der Waals surface area (Å²) in [7, 11) is 0. The largest absolute Gasteiger partial charge is 0.368 e. The van der Waals surface area contributed by atoms with Crippen LogP contribution in [0.15, 0.2) is 36.7 Å². The topological polar surface area (TPSA) is 75.0 Å². The van der Waals surface area contributed by atoms with Gasteiger partial charge in [-0.3, -0.25) is 0 Å². The molecule has 1 aromatic carbocycles. The highest BCUT2D eigenvalue weighted by Crippen LogP contribution is 2.31. The number of pyridine rings is 1. The van der Waals surface area contributed by atoms with Gasteiger partial charge in [0, 0.05) is 37.8 Å². The third kappa shape index (κ3) is 4.98. The molecular formula is C27H32F2N8. The number of imidazole rings is 1. The summed E-state index contributed by atoms with van der Waals surface area (Å²) in [5.74, 6) is 0.635. The van der Waals surface area contributed by atoms with E-state index in [0.717, 1.165) is 55.7 Å². The molecule has 0 radical (unpaired) electrons. The predicted octanol–water partition coefficient (Wildman–Crippen LogP) is 5.27. The maximum Gasteiger partial charge on any atom is 0.229 e. The average Bonchev–Trinajstić information content (AvgIpc) is 3.30. The second-order valence-corrected chi connectivity index (χ2v) is 9.62. The maximum absolute atomic E-state index is 14.9. The van der Waals surface area contributed by atoms with Crippen molar-refractivity contribution < 1.29 is 8.78 Å². The standard InChI is InChI=1S/C27H32F2N8/c1-5-35-8-10-36(11-9-35)20-6-7-23(30-15-20)32-27-31-16-21(29)26(34-27)19-12-18(4)25-22(13-19)37(17(2)3)24(14-28)33-25/h6-7,12-13,15-17H,5,8-11,14H2,1-4H3,(H,30,31,32,34). The molecule has 0 atom stereocenters. The van der Waals surface area contributed by atoms with E-state index in [2.05, 4.69) is 42.0 Å². The minimum absolute atomic E-state index is 0.00226. The Labute approximate surface area is 215 Å². The smallest absolute Gasteiger partial charge is 0.229 e. The Morgan fingerprint density at radius 1 is 1.03 bits per heavy atom. The summed E-state index contributed by atoms with van der Waals surface area (Å²) in [5, 5.41) is 3.09. The lowest BCUT2D eigenvalue weighted by atomic mass is 10.1. The molecule has 3 aromatic heterocycles. The predicted molar refractivity (Wildman–Crippen MR) is 142 cm³/mol. The Kier molecular flexibility index (Phi) is 7.01. The molecule has 0 amide bonds. The first-order valence-corrected chi connectivity index (χ1v) is 12.7. The summed E-state index contributed by atoms with van der Waals surface area (Å²) in [6.07, 6.45) is 2.99. The zero-order chi connectivity index (χ0) is 26.1. The minimum Gasteiger partial charge on any atom is -0.368 e. The Morgan fingerprint density at radius 3 is 2.46 bits per heavy atom. The first-order valence-electron chi connectivity index (χ1n) is 12.7. The fraction of sp³-hybridized carbons (Fsp3) is 0.407. The summed E-state index contributed by atoms with van der Waals surface area (Å²) >= 11 is 0. The molecule has 4 aromatic rings. The summed E-state index contributed by atoms with van der Waals surface area (Å²) < 4.78 is 30.4. The lowest BCUT2D eigenvalue weighted by Gasteiger charge is -2.35. The van der Waals surface area contributed by atoms with E-state index in [1.54, 1.807) is 0 Å². The van der Waals surface area contributed by atoms with Crippen LogP contribution in [0.5, 0.6) is 0 Å². The van der Waals surface area contributed by atoms with Crippen LogP contribution in [-0.2, 0) is 6.67 Å². The number of hydrogen-bond donors (Lipinski definition) is 1. The number of rotatable bonds is 7. The fourth-order valence-corrected chi connectivity index (χ4v) is 4.93. The van der Waals surface area contributed by atoms with Gasteiger partial charge in [-0.05, 0) is 57.1 Å². The monoisotopic (exact) mass is 506 g/mol. The zero-order valence-electron chi connectivity index (χ0n) is 21.7. The van der Waals surface area contributed by atoms with Crippen LogP contribution in [0.1, 0.15) is 38.2 Å². The number of fused-ring (bicyclic) bond motifs is 1. The Bertz CT molecular complexity index is 1390. The molecule has 0 aliphatic carbocycles. The van der Waals surface area contributed by atoms with Gasteiger partial charge in [0.05, 0.1) is 29.1 Å². The second kappa shape index (κ2) is 10.4. The van der Waals surface area contributed by atoms with Gasteiger partial charge in [-0.1, -0.05) is 6.92 Å². The van der Waals surface area contributed by atoms with Crippen LogP contribution in [0.25, 0.3) is 22.3 Å². The highest BCUT2D eigenvalue weighted by Gasteiger charge is 2.19. The van der Waals surface area contributed by atoms with Crippen LogP contribution in [0.2, 0.25) is 0 Å². The number of aromatic nitrogens is 5. The number of aryl methyl sites for hydroxylation is 1. The molecule has 1 aliphatic rings. The molecule has 1 saturated heterocycles. The molecule has 1 N–H and O–H groups in total. The zero-order valence-corrected chi connectivity index (χ0v) is 21.7. The van der Waals surface area contributed by atoms with Crippen LogP contribution in [-0.4, -0.2) is 62.1 Å². The first-order chi connectivity index (χ1) is 17.9. The number of halogens is 2. The Balaban J connectivity index is 1.41. The Hall–Kier alpha value is -3.66. The number of piperazine rings is 1. The molecule has 1 aliphatic heterocycles. The van der Waals surface area contributed by atoms with Crippen LogP contribution in [0.4, 0.5) is 26.2 Å². The second-order valence-electron chi connectivity index (χ2n) is 9.62. The van der Waals surface area contributed by atoms with E-state index in [1.165, 1.54) is 0 Å². The number of likely N-dealkylation sites (N-methyl/N-ethyl adjacent to an activating group) is 1.